The fourth-order valence-corrected chi connectivity index (χ4v) is 4.02. The van der Waals surface area contributed by atoms with Crippen LogP contribution >= 0.6 is 0 Å². The van der Waals surface area contributed by atoms with Crippen molar-refractivity contribution < 1.29 is 9.90 Å². The minimum atomic E-state index is -0.442. The van der Waals surface area contributed by atoms with E-state index in [2.05, 4.69) is 21.7 Å². The highest BCUT2D eigenvalue weighted by molar-refractivity contribution is 6.11. The molecule has 0 aliphatic heterocycles. The van der Waals surface area contributed by atoms with Gasteiger partial charge in [0.25, 0.3) is 5.91 Å². The van der Waals surface area contributed by atoms with Gasteiger partial charge in [0, 0.05) is 27.9 Å². The Morgan fingerprint density at radius 3 is 2.42 bits per heavy atom. The van der Waals surface area contributed by atoms with E-state index in [1.807, 2.05) is 24.3 Å². The first kappa shape index (κ1) is 16.6. The fourth-order valence-electron chi connectivity index (χ4n) is 4.02. The lowest BCUT2D eigenvalue weighted by Crippen LogP contribution is -2.24. The van der Waals surface area contributed by atoms with Gasteiger partial charge in [0.05, 0.1) is 11.6 Å². The van der Waals surface area contributed by atoms with Crippen molar-refractivity contribution in [2.24, 2.45) is 16.5 Å². The van der Waals surface area contributed by atoms with Crippen LogP contribution in [0.2, 0.25) is 0 Å². The van der Waals surface area contributed by atoms with Crippen molar-refractivity contribution in [1.29, 1.82) is 0 Å². The van der Waals surface area contributed by atoms with E-state index < -0.39 is 5.91 Å². The van der Waals surface area contributed by atoms with Gasteiger partial charge in [-0.05, 0) is 43.9 Å². The first-order valence-corrected chi connectivity index (χ1v) is 8.89. The zero-order chi connectivity index (χ0) is 18.3. The van der Waals surface area contributed by atoms with Crippen molar-refractivity contribution in [3.63, 3.8) is 0 Å². The molecule has 2 aromatic carbocycles. The number of aromatic nitrogens is 1. The Balaban J connectivity index is 1.91. The quantitative estimate of drug-likeness (QED) is 0.488. The van der Waals surface area contributed by atoms with Crippen molar-refractivity contribution >= 4 is 33.7 Å². The van der Waals surface area contributed by atoms with Crippen molar-refractivity contribution in [2.75, 3.05) is 0 Å². The van der Waals surface area contributed by atoms with Gasteiger partial charge in [-0.3, -0.25) is 4.79 Å². The van der Waals surface area contributed by atoms with E-state index in [1.54, 1.807) is 6.07 Å². The summed E-state index contributed by atoms with van der Waals surface area (Å²) in [6, 6.07) is 14.2. The molecule has 5 N–H and O–H groups in total. The normalized spacial score (nSPS) is 20.3. The molecule has 0 radical (unpaired) electrons. The fraction of sp³-hybridized carbons (Fsp3) is 0.300. The summed E-state index contributed by atoms with van der Waals surface area (Å²) in [5.74, 6) is -0.681. The number of nitrogens with two attached hydrogens (primary N) is 2. The predicted octanol–water partition coefficient (Wildman–Crippen LogP) is 2.68. The summed E-state index contributed by atoms with van der Waals surface area (Å²) >= 11 is 0. The second-order valence-electron chi connectivity index (χ2n) is 6.92. The molecule has 6 heteroatoms. The maximum Gasteiger partial charge on any atom is 0.280 e. The van der Waals surface area contributed by atoms with Gasteiger partial charge >= 0.3 is 0 Å². The number of rotatable bonds is 2. The molecule has 1 amide bonds. The van der Waals surface area contributed by atoms with Gasteiger partial charge in [-0.1, -0.05) is 24.3 Å². The molecule has 1 fully saturated rings. The molecule has 26 heavy (non-hydrogen) atoms. The van der Waals surface area contributed by atoms with Crippen LogP contribution in [0.5, 0.6) is 0 Å². The van der Waals surface area contributed by atoms with Gasteiger partial charge in [0.2, 0.25) is 0 Å². The van der Waals surface area contributed by atoms with E-state index in [4.69, 9.17) is 11.5 Å². The Morgan fingerprint density at radius 2 is 1.69 bits per heavy atom. The Kier molecular flexibility index (Phi) is 4.12. The average molecular weight is 350 g/mol. The van der Waals surface area contributed by atoms with Crippen LogP contribution in [-0.4, -0.2) is 27.6 Å². The molecule has 134 valence electrons. The number of aliphatic hydroxyl groups excluding tert-OH is 1. The van der Waals surface area contributed by atoms with Gasteiger partial charge in [-0.2, -0.15) is 4.99 Å². The van der Waals surface area contributed by atoms with Crippen LogP contribution in [-0.2, 0) is 0 Å². The molecule has 1 heterocycles. The zero-order valence-corrected chi connectivity index (χ0v) is 14.4. The lowest BCUT2D eigenvalue weighted by atomic mass is 9.92. The van der Waals surface area contributed by atoms with E-state index in [0.29, 0.717) is 11.6 Å². The molecule has 1 saturated carbocycles. The Morgan fingerprint density at radius 1 is 1.00 bits per heavy atom. The second-order valence-corrected chi connectivity index (χ2v) is 6.92. The van der Waals surface area contributed by atoms with E-state index in [-0.39, 0.29) is 12.1 Å². The highest BCUT2D eigenvalue weighted by Gasteiger charge is 2.24. The third kappa shape index (κ3) is 2.82. The molecule has 0 unspecified atom stereocenters. The number of carbonyl (C=O) groups excluding carboxylic acids is 1. The molecule has 3 aromatic rings. The number of hydrogen-bond acceptors (Lipinski definition) is 2. The summed E-state index contributed by atoms with van der Waals surface area (Å²) in [4.78, 5) is 15.9. The van der Waals surface area contributed by atoms with Gasteiger partial charge < -0.3 is 21.1 Å². The molecule has 0 saturated heterocycles. The molecule has 0 spiro atoms. The number of amides is 1. The van der Waals surface area contributed by atoms with E-state index >= 15 is 0 Å². The van der Waals surface area contributed by atoms with Crippen LogP contribution < -0.4 is 11.5 Å². The first-order valence-electron chi connectivity index (χ1n) is 8.89. The van der Waals surface area contributed by atoms with Crippen molar-refractivity contribution in [3.8, 4) is 0 Å². The summed E-state index contributed by atoms with van der Waals surface area (Å²) in [6.07, 6.45) is 3.22. The summed E-state index contributed by atoms with van der Waals surface area (Å²) in [7, 11) is 0. The number of aliphatic imine (C=N–C) groups is 1. The Bertz CT molecular complexity index is 1010. The minimum Gasteiger partial charge on any atom is -0.393 e. The topological polar surface area (TPSA) is 107 Å². The molecule has 1 aromatic heterocycles. The van der Waals surface area contributed by atoms with E-state index in [0.717, 1.165) is 47.5 Å². The number of aliphatic hydroxyl groups is 1. The second kappa shape index (κ2) is 6.46. The molecule has 4 rings (SSSR count). The molecular weight excluding hydrogens is 328 g/mol. The Hall–Kier alpha value is -2.86. The molecular formula is C20H22N4O2. The number of fused-ring (bicyclic) bond motifs is 3. The van der Waals surface area contributed by atoms with Crippen LogP contribution in [0.25, 0.3) is 21.8 Å². The van der Waals surface area contributed by atoms with Crippen LogP contribution in [0.15, 0.2) is 47.5 Å². The summed E-state index contributed by atoms with van der Waals surface area (Å²) in [5, 5.41) is 12.1. The average Bonchev–Trinajstić information content (AvgIpc) is 2.95. The highest BCUT2D eigenvalue weighted by atomic mass is 16.3. The number of hydrogen-bond donors (Lipinski definition) is 3. The lowest BCUT2D eigenvalue weighted by Gasteiger charge is -2.28. The largest absolute Gasteiger partial charge is 0.393 e. The third-order valence-corrected chi connectivity index (χ3v) is 5.22. The first-order chi connectivity index (χ1) is 12.5. The number of carbonyl (C=O) groups is 1. The van der Waals surface area contributed by atoms with Gasteiger partial charge in [0.1, 0.15) is 0 Å². The maximum absolute atomic E-state index is 12.3. The summed E-state index contributed by atoms with van der Waals surface area (Å²) in [5.41, 5.74) is 13.3. The van der Waals surface area contributed by atoms with Crippen LogP contribution in [0.3, 0.4) is 0 Å². The Labute approximate surface area is 151 Å². The SMILES string of the molecule is NC(N)=NC(=O)c1ccc2c3ccccc3n([C@H]3CC[C@@H](O)CC3)c2c1. The third-order valence-electron chi connectivity index (χ3n) is 5.22. The number of para-hydroxylation sites is 1. The standard InChI is InChI=1S/C20H22N4O2/c21-20(22)23-19(26)12-5-10-16-15-3-1-2-4-17(15)24(18(16)11-12)13-6-8-14(25)9-7-13/h1-5,10-11,13-14,25H,6-9H2,(H4,21,22,23,26)/t13-,14+. The number of benzene rings is 2. The van der Waals surface area contributed by atoms with E-state index in [1.165, 1.54) is 0 Å². The van der Waals surface area contributed by atoms with Gasteiger partial charge in [-0.25, -0.2) is 0 Å². The maximum atomic E-state index is 12.3. The van der Waals surface area contributed by atoms with E-state index in [9.17, 15) is 9.90 Å². The number of nitrogens with zero attached hydrogens (tertiary/aromatic N) is 2. The van der Waals surface area contributed by atoms with Crippen LogP contribution in [0, 0.1) is 0 Å². The van der Waals surface area contributed by atoms with Crippen LogP contribution in [0.1, 0.15) is 42.1 Å². The predicted molar refractivity (Wildman–Crippen MR) is 103 cm³/mol. The number of guanidine groups is 1. The van der Waals surface area contributed by atoms with Gasteiger partial charge in [0.15, 0.2) is 5.96 Å². The lowest BCUT2D eigenvalue weighted by molar-refractivity contribution is 0.100. The molecule has 1 aliphatic carbocycles. The smallest absolute Gasteiger partial charge is 0.280 e. The zero-order valence-electron chi connectivity index (χ0n) is 14.4. The molecule has 0 bridgehead atoms. The highest BCUT2D eigenvalue weighted by Crippen LogP contribution is 2.38. The van der Waals surface area contributed by atoms with Gasteiger partial charge in [-0.15, -0.1) is 0 Å². The summed E-state index contributed by atoms with van der Waals surface area (Å²) < 4.78 is 2.31. The molecule has 1 aliphatic rings. The molecule has 6 nitrogen and oxygen atoms in total. The van der Waals surface area contributed by atoms with Crippen molar-refractivity contribution in [1.82, 2.24) is 4.57 Å². The molecule has 0 atom stereocenters. The van der Waals surface area contributed by atoms with Crippen LogP contribution in [0.4, 0.5) is 0 Å². The summed E-state index contributed by atoms with van der Waals surface area (Å²) in [6.45, 7) is 0. The monoisotopic (exact) mass is 350 g/mol. The minimum absolute atomic E-state index is 0.210. The van der Waals surface area contributed by atoms with Crippen molar-refractivity contribution in [2.45, 2.75) is 37.8 Å². The van der Waals surface area contributed by atoms with Crippen molar-refractivity contribution in [3.05, 3.63) is 48.0 Å².